The van der Waals surface area contributed by atoms with Crippen molar-refractivity contribution in [3.63, 3.8) is 0 Å². The fraction of sp³-hybridized carbons (Fsp3) is 0.200. The molecule has 1 aromatic heterocycles. The van der Waals surface area contributed by atoms with Gasteiger partial charge in [-0.1, -0.05) is 5.16 Å². The first-order chi connectivity index (χ1) is 4.33. The van der Waals surface area contributed by atoms with Crippen LogP contribution < -0.4 is 0 Å². The molecule has 0 aliphatic carbocycles. The van der Waals surface area contributed by atoms with E-state index < -0.39 is 0 Å². The predicted molar refractivity (Wildman–Crippen MR) is 36.2 cm³/mol. The van der Waals surface area contributed by atoms with Gasteiger partial charge in [-0.2, -0.15) is 0 Å². The Kier molecular flexibility index (Phi) is 1.79. The average molecular weight is 142 g/mol. The van der Waals surface area contributed by atoms with Gasteiger partial charge in [0.1, 0.15) is 0 Å². The minimum absolute atomic E-state index is 0.870. The second-order valence-electron chi connectivity index (χ2n) is 1.53. The van der Waals surface area contributed by atoms with Gasteiger partial charge in [0.05, 0.1) is 16.1 Å². The molecular formula is C5H6N2OS. The molecule has 0 radical (unpaired) electrons. The zero-order valence-corrected chi connectivity index (χ0v) is 5.72. The molecule has 0 atom stereocenters. The minimum atomic E-state index is 0.870. The number of aryl methyl sites for hydroxylation is 1. The quantitative estimate of drug-likeness (QED) is 0.364. The number of hydrogen-bond acceptors (Lipinski definition) is 4. The van der Waals surface area contributed by atoms with Gasteiger partial charge in [0.2, 0.25) is 0 Å². The van der Waals surface area contributed by atoms with E-state index in [4.69, 9.17) is 5.21 Å². The van der Waals surface area contributed by atoms with Gasteiger partial charge in [0, 0.05) is 6.20 Å². The molecule has 1 rings (SSSR count). The minimum Gasteiger partial charge on any atom is -0.411 e. The van der Waals surface area contributed by atoms with Crippen molar-refractivity contribution in [1.82, 2.24) is 4.98 Å². The highest BCUT2D eigenvalue weighted by atomic mass is 32.1. The predicted octanol–water partition coefficient (Wildman–Crippen LogP) is 1.26. The van der Waals surface area contributed by atoms with Crippen molar-refractivity contribution in [3.05, 3.63) is 16.1 Å². The molecule has 0 bridgehead atoms. The average Bonchev–Trinajstić information content (AvgIpc) is 2.17. The fourth-order valence-electron chi connectivity index (χ4n) is 0.494. The highest BCUT2D eigenvalue weighted by Gasteiger charge is 1.91. The van der Waals surface area contributed by atoms with E-state index in [0.717, 1.165) is 9.88 Å². The Balaban J connectivity index is 2.85. The van der Waals surface area contributed by atoms with Crippen LogP contribution in [0.2, 0.25) is 0 Å². The standard InChI is InChI=1S/C5H6N2OS/c1-4-6-2-5(9-4)3-7-8/h2-3,8H,1H3. The smallest absolute Gasteiger partial charge is 0.0900 e. The Morgan fingerprint density at radius 1 is 1.89 bits per heavy atom. The second-order valence-corrected chi connectivity index (χ2v) is 2.79. The molecule has 3 nitrogen and oxygen atoms in total. The maximum atomic E-state index is 8.08. The van der Waals surface area contributed by atoms with Gasteiger partial charge in [-0.15, -0.1) is 11.3 Å². The summed E-state index contributed by atoms with van der Waals surface area (Å²) in [6, 6.07) is 0. The zero-order chi connectivity index (χ0) is 6.69. The molecule has 1 aromatic rings. The molecular weight excluding hydrogens is 136 g/mol. The van der Waals surface area contributed by atoms with Crippen LogP contribution >= 0.6 is 11.3 Å². The highest BCUT2D eigenvalue weighted by molar-refractivity contribution is 7.13. The van der Waals surface area contributed by atoms with Gasteiger partial charge in [-0.05, 0) is 6.92 Å². The first kappa shape index (κ1) is 6.22. The number of thiazole rings is 1. The molecule has 0 saturated carbocycles. The molecule has 9 heavy (non-hydrogen) atoms. The van der Waals surface area contributed by atoms with Crippen LogP contribution in [0.25, 0.3) is 0 Å². The molecule has 0 aliphatic rings. The van der Waals surface area contributed by atoms with Crippen molar-refractivity contribution in [2.45, 2.75) is 6.92 Å². The molecule has 0 spiro atoms. The Labute approximate surface area is 56.7 Å². The molecule has 48 valence electrons. The Morgan fingerprint density at radius 3 is 3.11 bits per heavy atom. The van der Waals surface area contributed by atoms with Crippen LogP contribution in [0.5, 0.6) is 0 Å². The number of aromatic nitrogens is 1. The summed E-state index contributed by atoms with van der Waals surface area (Å²) in [6.45, 7) is 1.90. The van der Waals surface area contributed by atoms with Crippen LogP contribution in [0, 0.1) is 6.92 Å². The summed E-state index contributed by atoms with van der Waals surface area (Å²) in [5, 5.41) is 11.9. The monoisotopic (exact) mass is 142 g/mol. The van der Waals surface area contributed by atoms with Crippen molar-refractivity contribution < 1.29 is 5.21 Å². The first-order valence-electron chi connectivity index (χ1n) is 2.43. The lowest BCUT2D eigenvalue weighted by Gasteiger charge is -1.73. The van der Waals surface area contributed by atoms with E-state index in [0.29, 0.717) is 0 Å². The van der Waals surface area contributed by atoms with E-state index in [1.807, 2.05) is 6.92 Å². The largest absolute Gasteiger partial charge is 0.411 e. The molecule has 0 aliphatic heterocycles. The molecule has 0 saturated heterocycles. The van der Waals surface area contributed by atoms with Gasteiger partial charge in [-0.3, -0.25) is 0 Å². The molecule has 4 heteroatoms. The van der Waals surface area contributed by atoms with Crippen LogP contribution in [-0.4, -0.2) is 16.4 Å². The molecule has 1 heterocycles. The van der Waals surface area contributed by atoms with Crippen LogP contribution in [0.1, 0.15) is 9.88 Å². The van der Waals surface area contributed by atoms with Crippen molar-refractivity contribution in [3.8, 4) is 0 Å². The van der Waals surface area contributed by atoms with E-state index >= 15 is 0 Å². The van der Waals surface area contributed by atoms with Gasteiger partial charge in [-0.25, -0.2) is 4.98 Å². The Hall–Kier alpha value is -0.900. The maximum Gasteiger partial charge on any atom is 0.0900 e. The fourth-order valence-corrected chi connectivity index (χ4v) is 1.15. The van der Waals surface area contributed by atoms with Gasteiger partial charge < -0.3 is 5.21 Å². The zero-order valence-electron chi connectivity index (χ0n) is 4.90. The van der Waals surface area contributed by atoms with E-state index in [-0.39, 0.29) is 0 Å². The van der Waals surface area contributed by atoms with E-state index in [1.165, 1.54) is 17.6 Å². The lowest BCUT2D eigenvalue weighted by atomic mass is 10.6. The summed E-state index contributed by atoms with van der Waals surface area (Å²) < 4.78 is 0. The molecule has 0 unspecified atom stereocenters. The van der Waals surface area contributed by atoms with E-state index in [2.05, 4.69) is 10.1 Å². The summed E-state index contributed by atoms with van der Waals surface area (Å²) in [5.41, 5.74) is 0. The summed E-state index contributed by atoms with van der Waals surface area (Å²) in [6.07, 6.45) is 3.03. The van der Waals surface area contributed by atoms with Gasteiger partial charge in [0.25, 0.3) is 0 Å². The van der Waals surface area contributed by atoms with Crippen molar-refractivity contribution in [1.29, 1.82) is 0 Å². The molecule has 0 amide bonds. The second kappa shape index (κ2) is 2.59. The number of oxime groups is 1. The lowest BCUT2D eigenvalue weighted by molar-refractivity contribution is 0.322. The van der Waals surface area contributed by atoms with Crippen molar-refractivity contribution in [2.24, 2.45) is 5.16 Å². The summed E-state index contributed by atoms with van der Waals surface area (Å²) in [5.74, 6) is 0. The third kappa shape index (κ3) is 1.50. The molecule has 1 N–H and O–H groups in total. The lowest BCUT2D eigenvalue weighted by Crippen LogP contribution is -1.68. The van der Waals surface area contributed by atoms with E-state index in [9.17, 15) is 0 Å². The number of rotatable bonds is 1. The van der Waals surface area contributed by atoms with Crippen LogP contribution in [0.4, 0.5) is 0 Å². The summed E-state index contributed by atoms with van der Waals surface area (Å²) in [4.78, 5) is 4.82. The Morgan fingerprint density at radius 2 is 2.67 bits per heavy atom. The number of hydrogen-bond donors (Lipinski definition) is 1. The SMILES string of the molecule is Cc1ncc(C=NO)s1. The summed E-state index contributed by atoms with van der Waals surface area (Å²) >= 11 is 1.49. The van der Waals surface area contributed by atoms with Crippen LogP contribution in [-0.2, 0) is 0 Å². The normalized spacial score (nSPS) is 10.8. The van der Waals surface area contributed by atoms with Gasteiger partial charge in [0.15, 0.2) is 0 Å². The molecule has 0 aromatic carbocycles. The van der Waals surface area contributed by atoms with Crippen LogP contribution in [0.15, 0.2) is 11.4 Å². The Bertz CT molecular complexity index is 218. The van der Waals surface area contributed by atoms with Crippen molar-refractivity contribution >= 4 is 17.6 Å². The van der Waals surface area contributed by atoms with Crippen molar-refractivity contribution in [2.75, 3.05) is 0 Å². The third-order valence-electron chi connectivity index (χ3n) is 0.824. The highest BCUT2D eigenvalue weighted by Crippen LogP contribution is 2.07. The first-order valence-corrected chi connectivity index (χ1v) is 3.24. The summed E-state index contributed by atoms with van der Waals surface area (Å²) in [7, 11) is 0. The van der Waals surface area contributed by atoms with Crippen LogP contribution in [0.3, 0.4) is 0 Å². The van der Waals surface area contributed by atoms with E-state index in [1.54, 1.807) is 6.20 Å². The van der Waals surface area contributed by atoms with Gasteiger partial charge >= 0.3 is 0 Å². The topological polar surface area (TPSA) is 45.5 Å². The third-order valence-corrected chi connectivity index (χ3v) is 1.67. The maximum absolute atomic E-state index is 8.08. The molecule has 0 fully saturated rings. The number of nitrogens with zero attached hydrogens (tertiary/aromatic N) is 2.